The van der Waals surface area contributed by atoms with Crippen LogP contribution in [-0.2, 0) is 17.6 Å². The minimum atomic E-state index is -1.05. The van der Waals surface area contributed by atoms with Crippen molar-refractivity contribution >= 4 is 28.5 Å². The lowest BCUT2D eigenvalue weighted by Gasteiger charge is -2.09. The highest BCUT2D eigenvalue weighted by Gasteiger charge is 2.20. The lowest BCUT2D eigenvalue weighted by Crippen LogP contribution is -2.10. The Morgan fingerprint density at radius 3 is 2.92 bits per heavy atom. The van der Waals surface area contributed by atoms with E-state index in [1.807, 2.05) is 0 Å². The summed E-state index contributed by atoms with van der Waals surface area (Å²) in [4.78, 5) is 16.4. The molecule has 3 rings (SSSR count). The largest absolute Gasteiger partial charge is 0.493 e. The van der Waals surface area contributed by atoms with Crippen LogP contribution in [0.4, 0.5) is 5.00 Å². The average Bonchev–Trinajstić information content (AvgIpc) is 3.02. The van der Waals surface area contributed by atoms with Crippen LogP contribution >= 0.6 is 11.3 Å². The van der Waals surface area contributed by atoms with Crippen molar-refractivity contribution in [2.45, 2.75) is 25.7 Å². The molecule has 0 atom stereocenters. The first-order valence-electron chi connectivity index (χ1n) is 8.23. The fraction of sp³-hybridized carbons (Fsp3) is 0.316. The van der Waals surface area contributed by atoms with E-state index in [9.17, 15) is 10.1 Å². The fourth-order valence-corrected chi connectivity index (χ4v) is 4.10. The van der Waals surface area contributed by atoms with Gasteiger partial charge in [-0.15, -0.1) is 11.3 Å². The number of carboxylic acids is 1. The van der Waals surface area contributed by atoms with Gasteiger partial charge in [-0.25, -0.2) is 9.79 Å². The van der Waals surface area contributed by atoms with Crippen molar-refractivity contribution in [3.05, 3.63) is 39.8 Å². The van der Waals surface area contributed by atoms with Gasteiger partial charge in [0.05, 0.1) is 12.7 Å². The van der Waals surface area contributed by atoms with Crippen molar-refractivity contribution in [3.8, 4) is 17.6 Å². The molecule has 6 nitrogen and oxygen atoms in total. The normalized spacial score (nSPS) is 13.2. The number of aliphatic imine (C=N–C) groups is 1. The predicted octanol–water partition coefficient (Wildman–Crippen LogP) is 3.72. The highest BCUT2D eigenvalue weighted by molar-refractivity contribution is 7.16. The van der Waals surface area contributed by atoms with Crippen molar-refractivity contribution in [1.82, 2.24) is 0 Å². The molecule has 134 valence electrons. The molecule has 0 radical (unpaired) electrons. The minimum absolute atomic E-state index is 0.358. The first kappa shape index (κ1) is 18.0. The molecular weight excluding hydrogens is 352 g/mol. The van der Waals surface area contributed by atoms with Crippen LogP contribution in [0.3, 0.4) is 0 Å². The Bertz CT molecular complexity index is 896. The predicted molar refractivity (Wildman–Crippen MR) is 99.1 cm³/mol. The van der Waals surface area contributed by atoms with E-state index < -0.39 is 12.6 Å². The van der Waals surface area contributed by atoms with Crippen LogP contribution in [0.25, 0.3) is 0 Å². The van der Waals surface area contributed by atoms with Gasteiger partial charge >= 0.3 is 5.97 Å². The molecule has 1 aromatic heterocycles. The number of methoxy groups -OCH3 is 1. The molecule has 0 bridgehead atoms. The number of nitrogens with zero attached hydrogens (tertiary/aromatic N) is 2. The van der Waals surface area contributed by atoms with E-state index in [1.165, 1.54) is 12.0 Å². The molecule has 0 spiro atoms. The summed E-state index contributed by atoms with van der Waals surface area (Å²) in [6, 6.07) is 7.43. The van der Waals surface area contributed by atoms with Gasteiger partial charge in [0.1, 0.15) is 11.1 Å². The first-order valence-corrected chi connectivity index (χ1v) is 9.05. The zero-order valence-electron chi connectivity index (χ0n) is 14.3. The standard InChI is InChI=1S/C19H18N2O4S/c1-24-16-8-12(6-7-15(16)25-11-18(22)23)10-21-19-14(9-20)13-4-2-3-5-17(13)26-19/h6-8,10H,2-5,11H2,1H3,(H,22,23)/b21-10+. The van der Waals surface area contributed by atoms with Crippen LogP contribution in [0.5, 0.6) is 11.5 Å². The third-order valence-electron chi connectivity index (χ3n) is 4.13. The molecule has 1 aromatic carbocycles. The number of aryl methyl sites for hydroxylation is 1. The Balaban J connectivity index is 1.84. The molecule has 1 heterocycles. The van der Waals surface area contributed by atoms with E-state index in [1.54, 1.807) is 35.8 Å². The summed E-state index contributed by atoms with van der Waals surface area (Å²) in [5, 5.41) is 18.9. The van der Waals surface area contributed by atoms with Crippen molar-refractivity contribution in [2.75, 3.05) is 13.7 Å². The summed E-state index contributed by atoms with van der Waals surface area (Å²) >= 11 is 1.59. The van der Waals surface area contributed by atoms with Crippen LogP contribution in [0, 0.1) is 11.3 Å². The number of rotatable bonds is 6. The second-order valence-corrected chi connectivity index (χ2v) is 6.94. The third kappa shape index (κ3) is 3.86. The Kier molecular flexibility index (Phi) is 5.54. The molecule has 1 N–H and O–H groups in total. The van der Waals surface area contributed by atoms with Gasteiger partial charge in [0.25, 0.3) is 0 Å². The quantitative estimate of drug-likeness (QED) is 0.783. The van der Waals surface area contributed by atoms with Crippen molar-refractivity contribution < 1.29 is 19.4 Å². The molecule has 0 saturated heterocycles. The highest BCUT2D eigenvalue weighted by atomic mass is 32.1. The van der Waals surface area contributed by atoms with Crippen LogP contribution in [-0.4, -0.2) is 31.0 Å². The van der Waals surface area contributed by atoms with E-state index in [4.69, 9.17) is 14.6 Å². The SMILES string of the molecule is COc1cc(/C=N/c2sc3c(c2C#N)CCCC3)ccc1OCC(=O)O. The minimum Gasteiger partial charge on any atom is -0.493 e. The molecule has 1 aliphatic carbocycles. The molecule has 2 aromatic rings. The van der Waals surface area contributed by atoms with Gasteiger partial charge < -0.3 is 14.6 Å². The zero-order valence-corrected chi connectivity index (χ0v) is 15.1. The third-order valence-corrected chi connectivity index (χ3v) is 5.33. The summed E-state index contributed by atoms with van der Waals surface area (Å²) < 4.78 is 10.4. The maximum absolute atomic E-state index is 10.6. The summed E-state index contributed by atoms with van der Waals surface area (Å²) in [7, 11) is 1.49. The summed E-state index contributed by atoms with van der Waals surface area (Å²) in [5.74, 6) is -0.263. The molecule has 7 heteroatoms. The van der Waals surface area contributed by atoms with Gasteiger partial charge in [-0.3, -0.25) is 0 Å². The number of benzene rings is 1. The number of thiophene rings is 1. The van der Waals surface area contributed by atoms with Gasteiger partial charge in [-0.1, -0.05) is 0 Å². The van der Waals surface area contributed by atoms with Gasteiger partial charge in [0.15, 0.2) is 18.1 Å². The van der Waals surface area contributed by atoms with E-state index in [0.29, 0.717) is 17.1 Å². The van der Waals surface area contributed by atoms with E-state index in [-0.39, 0.29) is 0 Å². The van der Waals surface area contributed by atoms with Crippen LogP contribution in [0.2, 0.25) is 0 Å². The topological polar surface area (TPSA) is 91.9 Å². The zero-order chi connectivity index (χ0) is 18.5. The Labute approximate surface area is 155 Å². The van der Waals surface area contributed by atoms with Crippen molar-refractivity contribution in [1.29, 1.82) is 5.26 Å². The highest BCUT2D eigenvalue weighted by Crippen LogP contribution is 2.39. The Morgan fingerprint density at radius 2 is 2.19 bits per heavy atom. The number of hydrogen-bond acceptors (Lipinski definition) is 6. The second kappa shape index (κ2) is 8.02. The number of nitriles is 1. The number of ether oxygens (including phenoxy) is 2. The summed E-state index contributed by atoms with van der Waals surface area (Å²) in [6.07, 6.45) is 5.94. The lowest BCUT2D eigenvalue weighted by atomic mass is 9.96. The van der Waals surface area contributed by atoms with Gasteiger partial charge in [0.2, 0.25) is 0 Å². The monoisotopic (exact) mass is 370 g/mol. The molecule has 26 heavy (non-hydrogen) atoms. The average molecular weight is 370 g/mol. The number of hydrogen-bond donors (Lipinski definition) is 1. The van der Waals surface area contributed by atoms with Crippen molar-refractivity contribution in [2.24, 2.45) is 4.99 Å². The smallest absolute Gasteiger partial charge is 0.341 e. The first-order chi connectivity index (χ1) is 12.6. The molecule has 0 fully saturated rings. The summed E-state index contributed by atoms with van der Waals surface area (Å²) in [6.45, 7) is -0.434. The van der Waals surface area contributed by atoms with E-state index >= 15 is 0 Å². The van der Waals surface area contributed by atoms with Crippen LogP contribution in [0.1, 0.15) is 34.4 Å². The molecular formula is C19H18N2O4S. The number of carbonyl (C=O) groups is 1. The maximum atomic E-state index is 10.6. The lowest BCUT2D eigenvalue weighted by molar-refractivity contribution is -0.139. The Hall–Kier alpha value is -2.85. The summed E-state index contributed by atoms with van der Waals surface area (Å²) in [5.41, 5.74) is 2.63. The Morgan fingerprint density at radius 1 is 1.38 bits per heavy atom. The number of carboxylic acid groups (broad SMARTS) is 1. The second-order valence-electron chi connectivity index (χ2n) is 5.85. The fourth-order valence-electron chi connectivity index (χ4n) is 2.91. The van der Waals surface area contributed by atoms with Crippen LogP contribution in [0.15, 0.2) is 23.2 Å². The van der Waals surface area contributed by atoms with Crippen LogP contribution < -0.4 is 9.47 Å². The molecule has 0 unspecified atom stereocenters. The maximum Gasteiger partial charge on any atom is 0.341 e. The molecule has 1 aliphatic rings. The number of aliphatic carboxylic acids is 1. The van der Waals surface area contributed by atoms with Gasteiger partial charge in [0, 0.05) is 11.1 Å². The molecule has 0 amide bonds. The number of fused-ring (bicyclic) bond motifs is 1. The van der Waals surface area contributed by atoms with E-state index in [0.717, 1.165) is 41.8 Å². The van der Waals surface area contributed by atoms with Gasteiger partial charge in [-0.05, 0) is 55.0 Å². The molecule has 0 saturated carbocycles. The molecule has 0 aliphatic heterocycles. The van der Waals surface area contributed by atoms with E-state index in [2.05, 4.69) is 11.1 Å². The van der Waals surface area contributed by atoms with Crippen molar-refractivity contribution in [3.63, 3.8) is 0 Å². The van der Waals surface area contributed by atoms with Gasteiger partial charge in [-0.2, -0.15) is 5.26 Å².